The maximum absolute atomic E-state index is 6.02. The summed E-state index contributed by atoms with van der Waals surface area (Å²) in [6.07, 6.45) is 6.37. The normalized spacial score (nSPS) is 22.4. The molecular weight excluding hydrogens is 485 g/mol. The third-order valence-electron chi connectivity index (χ3n) is 6.15. The molecule has 0 bridgehead atoms. The Morgan fingerprint density at radius 2 is 1.72 bits per heavy atom. The molecule has 0 radical (unpaired) electrons. The summed E-state index contributed by atoms with van der Waals surface area (Å²) in [4.78, 5) is 4.43. The van der Waals surface area contributed by atoms with Crippen LogP contribution in [-0.2, 0) is 4.74 Å². The molecule has 7 nitrogen and oxygen atoms in total. The third-order valence-corrected chi connectivity index (χ3v) is 6.15. The van der Waals surface area contributed by atoms with Crippen molar-refractivity contribution >= 4 is 35.6 Å². The van der Waals surface area contributed by atoms with Crippen LogP contribution < -0.4 is 24.8 Å². The molecule has 1 spiro atoms. The van der Waals surface area contributed by atoms with Crippen LogP contribution in [0.3, 0.4) is 0 Å². The lowest BCUT2D eigenvalue weighted by Gasteiger charge is -2.54. The first-order valence-electron chi connectivity index (χ1n) is 10.0. The van der Waals surface area contributed by atoms with E-state index in [9.17, 15) is 0 Å². The van der Waals surface area contributed by atoms with E-state index in [1.807, 2.05) is 12.1 Å². The van der Waals surface area contributed by atoms with Crippen molar-refractivity contribution in [1.82, 2.24) is 5.32 Å². The molecule has 29 heavy (non-hydrogen) atoms. The number of guanidine groups is 1. The fourth-order valence-electron chi connectivity index (χ4n) is 4.70. The van der Waals surface area contributed by atoms with Crippen molar-refractivity contribution in [1.29, 1.82) is 0 Å². The van der Waals surface area contributed by atoms with E-state index >= 15 is 0 Å². The summed E-state index contributed by atoms with van der Waals surface area (Å²) in [5, 5.41) is 6.99. The molecular formula is C21H34IN3O4. The first-order valence-corrected chi connectivity index (χ1v) is 10.0. The van der Waals surface area contributed by atoms with Gasteiger partial charge in [-0.15, -0.1) is 24.0 Å². The van der Waals surface area contributed by atoms with Crippen LogP contribution in [0.2, 0.25) is 0 Å². The molecule has 2 aliphatic carbocycles. The number of benzene rings is 1. The van der Waals surface area contributed by atoms with Gasteiger partial charge >= 0.3 is 0 Å². The van der Waals surface area contributed by atoms with Gasteiger partial charge in [0.2, 0.25) is 5.75 Å². The van der Waals surface area contributed by atoms with Crippen molar-refractivity contribution in [2.45, 2.75) is 51.2 Å². The fourth-order valence-corrected chi connectivity index (χ4v) is 4.70. The second-order valence-corrected chi connectivity index (χ2v) is 7.43. The van der Waals surface area contributed by atoms with Gasteiger partial charge in [0.25, 0.3) is 0 Å². The second-order valence-electron chi connectivity index (χ2n) is 7.43. The van der Waals surface area contributed by atoms with Gasteiger partial charge in [-0.3, -0.25) is 4.99 Å². The number of aliphatic imine (C=N–C) groups is 1. The van der Waals surface area contributed by atoms with E-state index < -0.39 is 0 Å². The van der Waals surface area contributed by atoms with Crippen LogP contribution in [0.5, 0.6) is 17.2 Å². The van der Waals surface area contributed by atoms with E-state index in [-0.39, 0.29) is 29.4 Å². The molecule has 0 saturated heterocycles. The first-order chi connectivity index (χ1) is 13.6. The Hall–Kier alpha value is -1.42. The second kappa shape index (κ2) is 10.6. The summed E-state index contributed by atoms with van der Waals surface area (Å²) in [7, 11) is 6.61. The molecule has 2 aliphatic rings. The van der Waals surface area contributed by atoms with Crippen molar-refractivity contribution in [3.8, 4) is 17.2 Å². The zero-order chi connectivity index (χ0) is 20.1. The number of nitrogens with zero attached hydrogens (tertiary/aromatic N) is 1. The number of halogens is 1. The summed E-state index contributed by atoms with van der Waals surface area (Å²) in [5.41, 5.74) is 1.06. The highest BCUT2D eigenvalue weighted by Gasteiger charge is 2.56. The Morgan fingerprint density at radius 1 is 1.10 bits per heavy atom. The SMILES string of the molecule is CCOC1CC(NC(=NC)Nc2cc(OC)c(OC)c(OC)c2)C12CCCC2.I. The molecule has 2 unspecified atom stereocenters. The average Bonchev–Trinajstić information content (AvgIpc) is 3.24. The van der Waals surface area contributed by atoms with Gasteiger partial charge in [0.15, 0.2) is 17.5 Å². The number of methoxy groups -OCH3 is 3. The fraction of sp³-hybridized carbons (Fsp3) is 0.667. The molecule has 8 heteroatoms. The van der Waals surface area contributed by atoms with Crippen LogP contribution in [-0.4, -0.2) is 53.1 Å². The molecule has 2 N–H and O–H groups in total. The standard InChI is InChI=1S/C21H33N3O4.HI/c1-6-28-18-13-17(21(18)9-7-8-10-21)24-20(22-2)23-14-11-15(25-3)19(27-5)16(12-14)26-4;/h11-12,17-18H,6-10,13H2,1-5H3,(H2,22,23,24);1H. The predicted molar refractivity (Wildman–Crippen MR) is 126 cm³/mol. The van der Waals surface area contributed by atoms with Gasteiger partial charge in [-0.1, -0.05) is 12.8 Å². The molecule has 2 saturated carbocycles. The van der Waals surface area contributed by atoms with Crippen molar-refractivity contribution in [2.75, 3.05) is 40.3 Å². The van der Waals surface area contributed by atoms with E-state index in [0.29, 0.717) is 29.4 Å². The summed E-state index contributed by atoms with van der Waals surface area (Å²) >= 11 is 0. The lowest BCUT2D eigenvalue weighted by atomic mass is 9.60. The van der Waals surface area contributed by atoms with Crippen molar-refractivity contribution in [3.05, 3.63) is 12.1 Å². The minimum absolute atomic E-state index is 0. The van der Waals surface area contributed by atoms with E-state index in [1.165, 1.54) is 25.7 Å². The van der Waals surface area contributed by atoms with Gasteiger partial charge in [-0.25, -0.2) is 0 Å². The minimum Gasteiger partial charge on any atom is -0.493 e. The Labute approximate surface area is 190 Å². The Kier molecular flexibility index (Phi) is 8.69. The van der Waals surface area contributed by atoms with E-state index in [2.05, 4.69) is 22.5 Å². The highest BCUT2D eigenvalue weighted by atomic mass is 127. The van der Waals surface area contributed by atoms with Crippen LogP contribution in [0.25, 0.3) is 0 Å². The molecule has 0 heterocycles. The summed E-state index contributed by atoms with van der Waals surface area (Å²) in [6, 6.07) is 4.13. The molecule has 2 fully saturated rings. The lowest BCUT2D eigenvalue weighted by molar-refractivity contribution is -0.125. The molecule has 164 valence electrons. The van der Waals surface area contributed by atoms with E-state index in [4.69, 9.17) is 18.9 Å². The molecule has 2 atom stereocenters. The number of hydrogen-bond acceptors (Lipinski definition) is 5. The highest BCUT2D eigenvalue weighted by Crippen LogP contribution is 2.54. The Balaban J connectivity index is 0.00000300. The maximum Gasteiger partial charge on any atom is 0.203 e. The number of rotatable bonds is 7. The smallest absolute Gasteiger partial charge is 0.203 e. The average molecular weight is 519 g/mol. The zero-order valence-corrected chi connectivity index (χ0v) is 20.4. The summed E-state index contributed by atoms with van der Waals surface area (Å²) in [6.45, 7) is 2.85. The van der Waals surface area contributed by atoms with Gasteiger partial charge < -0.3 is 29.6 Å². The number of anilines is 1. The zero-order valence-electron chi connectivity index (χ0n) is 18.0. The first kappa shape index (κ1) is 23.9. The number of hydrogen-bond donors (Lipinski definition) is 2. The van der Waals surface area contributed by atoms with E-state index in [1.54, 1.807) is 28.4 Å². The molecule has 1 aromatic rings. The van der Waals surface area contributed by atoms with Gasteiger partial charge in [-0.2, -0.15) is 0 Å². The minimum atomic E-state index is 0. The predicted octanol–water partition coefficient (Wildman–Crippen LogP) is 4.06. The molecule has 0 aromatic heterocycles. The highest BCUT2D eigenvalue weighted by molar-refractivity contribution is 14.0. The Bertz CT molecular complexity index is 682. The summed E-state index contributed by atoms with van der Waals surface area (Å²) < 4.78 is 22.3. The van der Waals surface area contributed by atoms with Crippen molar-refractivity contribution in [2.24, 2.45) is 10.4 Å². The van der Waals surface area contributed by atoms with E-state index in [0.717, 1.165) is 24.7 Å². The largest absolute Gasteiger partial charge is 0.493 e. The van der Waals surface area contributed by atoms with Gasteiger partial charge in [-0.05, 0) is 26.2 Å². The Morgan fingerprint density at radius 3 is 2.21 bits per heavy atom. The number of nitrogens with one attached hydrogen (secondary N) is 2. The lowest BCUT2D eigenvalue weighted by Crippen LogP contribution is -2.64. The third kappa shape index (κ3) is 4.68. The van der Waals surface area contributed by atoms with Crippen LogP contribution in [0, 0.1) is 5.41 Å². The van der Waals surface area contributed by atoms with Crippen LogP contribution in [0.4, 0.5) is 5.69 Å². The van der Waals surface area contributed by atoms with Crippen molar-refractivity contribution in [3.63, 3.8) is 0 Å². The molecule has 1 aromatic carbocycles. The molecule has 0 aliphatic heterocycles. The monoisotopic (exact) mass is 519 g/mol. The van der Waals surface area contributed by atoms with Crippen LogP contribution >= 0.6 is 24.0 Å². The van der Waals surface area contributed by atoms with Crippen LogP contribution in [0.1, 0.15) is 39.0 Å². The van der Waals surface area contributed by atoms with Gasteiger partial charge in [0.1, 0.15) is 0 Å². The van der Waals surface area contributed by atoms with Crippen LogP contribution in [0.15, 0.2) is 17.1 Å². The topological polar surface area (TPSA) is 73.3 Å². The maximum atomic E-state index is 6.02. The molecule has 3 rings (SSSR count). The number of ether oxygens (including phenoxy) is 4. The van der Waals surface area contributed by atoms with Gasteiger partial charge in [0, 0.05) is 42.9 Å². The summed E-state index contributed by atoms with van der Waals surface area (Å²) in [5.74, 6) is 2.52. The van der Waals surface area contributed by atoms with Crippen molar-refractivity contribution < 1.29 is 18.9 Å². The quantitative estimate of drug-likeness (QED) is 0.322. The molecule has 0 amide bonds. The van der Waals surface area contributed by atoms with Gasteiger partial charge in [0.05, 0.1) is 27.4 Å².